The Morgan fingerprint density at radius 1 is 0.488 bits per heavy atom. The molecule has 2 aliphatic rings. The van der Waals surface area contributed by atoms with Crippen molar-refractivity contribution in [2.24, 2.45) is 0 Å². The van der Waals surface area contributed by atoms with Crippen molar-refractivity contribution in [1.29, 1.82) is 0 Å². The van der Waals surface area contributed by atoms with Gasteiger partial charge in [0.15, 0.2) is 0 Å². The molecule has 3 aromatic heterocycles. The summed E-state index contributed by atoms with van der Waals surface area (Å²) >= 11 is 0. The standard InChI is InChI=1S/C20H15N.C19H15N2.Ir/c1-20(2)17-8-4-3-7-15(17)16-13-14(10-11-18(16)20)19-9-5-6-12-21-19;1-19(2)15-9-8-13(17-7-3-4-10-20-17)12-14(15)18-16(19)6-5-11-21-18;/h3-6,8-12H,1-2H3;3-11H,1-2H3;/q-2;-1;+3. The predicted octanol–water partition coefficient (Wildman–Crippen LogP) is 8.90. The molecule has 2 aliphatic carbocycles. The van der Waals surface area contributed by atoms with Crippen LogP contribution < -0.4 is 0 Å². The van der Waals surface area contributed by atoms with E-state index in [9.17, 15) is 0 Å². The van der Waals surface area contributed by atoms with Crippen LogP contribution in [-0.4, -0.2) is 15.0 Å². The topological polar surface area (TPSA) is 38.7 Å². The van der Waals surface area contributed by atoms with Crippen LogP contribution in [0.3, 0.4) is 0 Å². The summed E-state index contributed by atoms with van der Waals surface area (Å²) in [7, 11) is 0. The molecule has 0 N–H and O–H groups in total. The van der Waals surface area contributed by atoms with Crippen LogP contribution in [0, 0.1) is 18.2 Å². The Hall–Kier alpha value is -4.24. The van der Waals surface area contributed by atoms with Crippen LogP contribution in [-0.2, 0) is 30.9 Å². The van der Waals surface area contributed by atoms with Crippen molar-refractivity contribution in [3.8, 4) is 44.9 Å². The minimum Gasteiger partial charge on any atom is -0.295 e. The summed E-state index contributed by atoms with van der Waals surface area (Å²) in [6.07, 6.45) is 5.48. The number of pyridine rings is 3. The van der Waals surface area contributed by atoms with Gasteiger partial charge in [-0.3, -0.25) is 15.0 Å². The zero-order chi connectivity index (χ0) is 28.9. The second kappa shape index (κ2) is 11.1. The summed E-state index contributed by atoms with van der Waals surface area (Å²) in [5.41, 5.74) is 13.7. The molecule has 3 aromatic carbocycles. The van der Waals surface area contributed by atoms with E-state index in [0.29, 0.717) is 0 Å². The van der Waals surface area contributed by atoms with Crippen LogP contribution in [0.1, 0.15) is 49.9 Å². The monoisotopic (exact) mass is 733 g/mol. The number of hydrogen-bond acceptors (Lipinski definition) is 3. The second-order valence-corrected chi connectivity index (χ2v) is 11.9. The molecule has 0 atom stereocenters. The first-order valence-electron chi connectivity index (χ1n) is 14.3. The maximum Gasteiger partial charge on any atom is 3.00 e. The van der Waals surface area contributed by atoms with Gasteiger partial charge in [-0.25, -0.2) is 5.56 Å². The molecule has 0 saturated heterocycles. The minimum atomic E-state index is -0.0158. The zero-order valence-corrected chi connectivity index (χ0v) is 27.0. The predicted molar refractivity (Wildman–Crippen MR) is 169 cm³/mol. The Bertz CT molecular complexity index is 1790. The molecular weight excluding hydrogens is 703 g/mol. The molecule has 0 saturated carbocycles. The number of nitrogens with zero attached hydrogens (tertiary/aromatic N) is 3. The SMILES string of the molecule is CC1(C)c2ccc(-c3ccccn3)[c-]c2-c2ncccc21.CC1(C)c2ccc[c-]c2-c2[c-]c(-c3ccccn3)ccc21.[Ir+3]. The van der Waals surface area contributed by atoms with Gasteiger partial charge in [0.2, 0.25) is 0 Å². The van der Waals surface area contributed by atoms with E-state index in [1.807, 2.05) is 67.1 Å². The maximum absolute atomic E-state index is 4.58. The fourth-order valence-corrected chi connectivity index (χ4v) is 6.32. The third-order valence-electron chi connectivity index (χ3n) is 8.62. The van der Waals surface area contributed by atoms with E-state index >= 15 is 0 Å². The van der Waals surface area contributed by atoms with Gasteiger partial charge in [0.05, 0.1) is 0 Å². The normalized spacial score (nSPS) is 14.2. The summed E-state index contributed by atoms with van der Waals surface area (Å²) in [5, 5.41) is 0. The number of aromatic nitrogens is 3. The van der Waals surface area contributed by atoms with Crippen LogP contribution >= 0.6 is 0 Å². The average molecular weight is 733 g/mol. The summed E-state index contributed by atoms with van der Waals surface area (Å²) in [5.74, 6) is 0. The quantitative estimate of drug-likeness (QED) is 0.167. The Kier molecular flexibility index (Phi) is 7.46. The molecule has 8 rings (SSSR count). The summed E-state index contributed by atoms with van der Waals surface area (Å²) in [4.78, 5) is 13.4. The molecule has 0 unspecified atom stereocenters. The third-order valence-corrected chi connectivity index (χ3v) is 8.62. The molecule has 0 fully saturated rings. The van der Waals surface area contributed by atoms with Crippen LogP contribution in [0.2, 0.25) is 0 Å². The largest absolute Gasteiger partial charge is 3.00 e. The molecule has 6 aromatic rings. The van der Waals surface area contributed by atoms with Gasteiger partial charge in [0.25, 0.3) is 0 Å². The van der Waals surface area contributed by atoms with Crippen molar-refractivity contribution in [2.75, 3.05) is 0 Å². The molecule has 0 aliphatic heterocycles. The van der Waals surface area contributed by atoms with Gasteiger partial charge in [0, 0.05) is 35.7 Å². The number of fused-ring (bicyclic) bond motifs is 6. The van der Waals surface area contributed by atoms with Crippen LogP contribution in [0.5, 0.6) is 0 Å². The minimum absolute atomic E-state index is 0. The average Bonchev–Trinajstić information content (AvgIpc) is 3.41. The van der Waals surface area contributed by atoms with Crippen LogP contribution in [0.4, 0.5) is 0 Å². The summed E-state index contributed by atoms with van der Waals surface area (Å²) in [6.45, 7) is 9.01. The smallest absolute Gasteiger partial charge is 0.295 e. The van der Waals surface area contributed by atoms with Crippen molar-refractivity contribution in [3.63, 3.8) is 0 Å². The van der Waals surface area contributed by atoms with Crippen molar-refractivity contribution in [1.82, 2.24) is 15.0 Å². The van der Waals surface area contributed by atoms with E-state index in [-0.39, 0.29) is 30.9 Å². The molecule has 0 spiro atoms. The van der Waals surface area contributed by atoms with Gasteiger partial charge in [-0.1, -0.05) is 80.1 Å². The van der Waals surface area contributed by atoms with E-state index in [1.165, 1.54) is 33.4 Å². The van der Waals surface area contributed by atoms with Crippen molar-refractivity contribution in [3.05, 3.63) is 150 Å². The molecule has 4 heteroatoms. The molecule has 0 amide bonds. The Morgan fingerprint density at radius 3 is 1.65 bits per heavy atom. The molecule has 0 radical (unpaired) electrons. The summed E-state index contributed by atoms with van der Waals surface area (Å²) < 4.78 is 0. The van der Waals surface area contributed by atoms with Gasteiger partial charge >= 0.3 is 20.1 Å². The molecule has 0 bridgehead atoms. The molecule has 43 heavy (non-hydrogen) atoms. The first-order chi connectivity index (χ1) is 20.4. The van der Waals surface area contributed by atoms with Crippen molar-refractivity contribution >= 4 is 0 Å². The number of rotatable bonds is 2. The molecule has 3 nitrogen and oxygen atoms in total. The van der Waals surface area contributed by atoms with E-state index in [2.05, 4.69) is 103 Å². The van der Waals surface area contributed by atoms with E-state index in [4.69, 9.17) is 0 Å². The Morgan fingerprint density at radius 2 is 1.02 bits per heavy atom. The third kappa shape index (κ3) is 4.85. The van der Waals surface area contributed by atoms with E-state index < -0.39 is 0 Å². The second-order valence-electron chi connectivity index (χ2n) is 11.9. The number of hydrogen-bond donors (Lipinski definition) is 0. The Labute approximate surface area is 267 Å². The Balaban J connectivity index is 0.000000150. The molecule has 210 valence electrons. The first kappa shape index (κ1) is 28.9. The fourth-order valence-electron chi connectivity index (χ4n) is 6.32. The summed E-state index contributed by atoms with van der Waals surface area (Å²) in [6, 6.07) is 41.4. The maximum atomic E-state index is 4.58. The van der Waals surface area contributed by atoms with Crippen molar-refractivity contribution in [2.45, 2.75) is 38.5 Å². The van der Waals surface area contributed by atoms with E-state index in [0.717, 1.165) is 33.8 Å². The van der Waals surface area contributed by atoms with Gasteiger partial charge in [-0.15, -0.1) is 53.6 Å². The fraction of sp³-hybridized carbons (Fsp3) is 0.154. The van der Waals surface area contributed by atoms with Gasteiger partial charge < -0.3 is 0 Å². The molecule has 3 heterocycles. The van der Waals surface area contributed by atoms with Crippen molar-refractivity contribution < 1.29 is 20.1 Å². The van der Waals surface area contributed by atoms with E-state index in [1.54, 1.807) is 0 Å². The van der Waals surface area contributed by atoms with Crippen LogP contribution in [0.25, 0.3) is 44.9 Å². The number of benzene rings is 3. The first-order valence-corrected chi connectivity index (χ1v) is 14.3. The van der Waals surface area contributed by atoms with Gasteiger partial charge in [0.1, 0.15) is 0 Å². The molecular formula is C39H30IrN3. The van der Waals surface area contributed by atoms with Crippen LogP contribution in [0.15, 0.2) is 110 Å². The van der Waals surface area contributed by atoms with Gasteiger partial charge in [-0.2, -0.15) is 34.9 Å². The zero-order valence-electron chi connectivity index (χ0n) is 24.6. The van der Waals surface area contributed by atoms with Gasteiger partial charge in [-0.05, 0) is 23.6 Å².